The molecule has 8 heteroatoms. The molecule has 0 aromatic carbocycles. The zero-order valence-corrected chi connectivity index (χ0v) is 10.2. The summed E-state index contributed by atoms with van der Waals surface area (Å²) in [6.07, 6.45) is 2.15. The Labute approximate surface area is 104 Å². The molecule has 1 aliphatic rings. The van der Waals surface area contributed by atoms with Crippen LogP contribution in [0.25, 0.3) is 0 Å². The van der Waals surface area contributed by atoms with Crippen molar-refractivity contribution in [3.63, 3.8) is 0 Å². The summed E-state index contributed by atoms with van der Waals surface area (Å²) >= 11 is 0. The van der Waals surface area contributed by atoms with Crippen LogP contribution >= 0.6 is 0 Å². The van der Waals surface area contributed by atoms with Gasteiger partial charge < -0.3 is 20.4 Å². The van der Waals surface area contributed by atoms with E-state index >= 15 is 0 Å². The van der Waals surface area contributed by atoms with Crippen molar-refractivity contribution in [3.05, 3.63) is 12.2 Å². The van der Waals surface area contributed by atoms with Gasteiger partial charge in [-0.05, 0) is 6.42 Å². The summed E-state index contributed by atoms with van der Waals surface area (Å²) < 4.78 is 1.91. The summed E-state index contributed by atoms with van der Waals surface area (Å²) in [6.45, 7) is 3.49. The van der Waals surface area contributed by atoms with Gasteiger partial charge in [0.2, 0.25) is 5.91 Å². The molecule has 1 unspecified atom stereocenters. The van der Waals surface area contributed by atoms with Gasteiger partial charge >= 0.3 is 0 Å². The highest BCUT2D eigenvalue weighted by molar-refractivity contribution is 6.02. The first kappa shape index (κ1) is 12.3. The molecule has 2 rings (SSSR count). The molecule has 0 radical (unpaired) electrons. The second-order valence-electron chi connectivity index (χ2n) is 4.19. The molecular formula is C10H16N6O2. The van der Waals surface area contributed by atoms with Crippen molar-refractivity contribution in [1.29, 1.82) is 0 Å². The third-order valence-electron chi connectivity index (χ3n) is 3.13. The molecule has 0 saturated heterocycles. The Morgan fingerprint density at radius 1 is 1.67 bits per heavy atom. The Bertz CT molecular complexity index is 469. The molecule has 0 aliphatic carbocycles. The monoisotopic (exact) mass is 252 g/mol. The van der Waals surface area contributed by atoms with E-state index in [1.54, 1.807) is 11.2 Å². The van der Waals surface area contributed by atoms with Crippen molar-refractivity contribution in [2.75, 3.05) is 6.54 Å². The molecule has 3 N–H and O–H groups in total. The second kappa shape index (κ2) is 5.03. The molecule has 2 heterocycles. The highest BCUT2D eigenvalue weighted by atomic mass is 16.4. The number of nitrogens with zero attached hydrogens (tertiary/aromatic N) is 5. The predicted octanol–water partition coefficient (Wildman–Crippen LogP) is -0.607. The Morgan fingerprint density at radius 3 is 3.11 bits per heavy atom. The SMILES string of the molecule is CCC(C(=O)N1CCn2cnnc2C1)C(N)=NO. The normalized spacial score (nSPS) is 17.4. The molecule has 18 heavy (non-hydrogen) atoms. The van der Waals surface area contributed by atoms with E-state index in [1.165, 1.54) is 0 Å². The number of hydrogen-bond acceptors (Lipinski definition) is 5. The van der Waals surface area contributed by atoms with E-state index < -0.39 is 5.92 Å². The van der Waals surface area contributed by atoms with E-state index in [9.17, 15) is 4.79 Å². The van der Waals surface area contributed by atoms with Gasteiger partial charge in [-0.15, -0.1) is 10.2 Å². The first-order valence-corrected chi connectivity index (χ1v) is 5.80. The van der Waals surface area contributed by atoms with Gasteiger partial charge in [0.1, 0.15) is 6.33 Å². The van der Waals surface area contributed by atoms with Gasteiger partial charge in [0.15, 0.2) is 11.7 Å². The summed E-state index contributed by atoms with van der Waals surface area (Å²) in [4.78, 5) is 13.9. The number of hydrogen-bond donors (Lipinski definition) is 2. The molecule has 0 fully saturated rings. The first-order valence-electron chi connectivity index (χ1n) is 5.80. The van der Waals surface area contributed by atoms with E-state index in [0.29, 0.717) is 26.1 Å². The molecule has 1 amide bonds. The summed E-state index contributed by atoms with van der Waals surface area (Å²) in [5.41, 5.74) is 5.53. The van der Waals surface area contributed by atoms with Gasteiger partial charge in [-0.3, -0.25) is 4.79 Å². The molecule has 0 spiro atoms. The third kappa shape index (κ3) is 2.13. The minimum absolute atomic E-state index is 0.0467. The Hall–Kier alpha value is -2.12. The van der Waals surface area contributed by atoms with Crippen LogP contribution in [-0.4, -0.2) is 43.2 Å². The van der Waals surface area contributed by atoms with Crippen molar-refractivity contribution in [2.45, 2.75) is 26.4 Å². The van der Waals surface area contributed by atoms with E-state index in [0.717, 1.165) is 5.82 Å². The largest absolute Gasteiger partial charge is 0.409 e. The van der Waals surface area contributed by atoms with Crippen LogP contribution in [-0.2, 0) is 17.9 Å². The molecule has 0 bridgehead atoms. The van der Waals surface area contributed by atoms with Crippen LogP contribution in [0.2, 0.25) is 0 Å². The van der Waals surface area contributed by atoms with Crippen LogP contribution in [0.1, 0.15) is 19.2 Å². The number of aromatic nitrogens is 3. The standard InChI is InChI=1S/C10H16N6O2/c1-2-7(9(11)14-18)10(17)15-3-4-16-6-12-13-8(16)5-15/h6-7,18H,2-5H2,1H3,(H2,11,14). The van der Waals surface area contributed by atoms with E-state index in [1.807, 2.05) is 11.5 Å². The Kier molecular flexibility index (Phi) is 3.45. The number of carbonyl (C=O) groups excluding carboxylic acids is 1. The van der Waals surface area contributed by atoms with E-state index in [-0.39, 0.29) is 11.7 Å². The Balaban J connectivity index is 2.11. The fraction of sp³-hybridized carbons (Fsp3) is 0.600. The van der Waals surface area contributed by atoms with E-state index in [2.05, 4.69) is 15.4 Å². The van der Waals surface area contributed by atoms with Gasteiger partial charge in [-0.1, -0.05) is 12.1 Å². The topological polar surface area (TPSA) is 110 Å². The minimum atomic E-state index is -0.579. The molecule has 1 aromatic rings. The fourth-order valence-electron chi connectivity index (χ4n) is 2.05. The lowest BCUT2D eigenvalue weighted by atomic mass is 10.0. The predicted molar refractivity (Wildman–Crippen MR) is 62.6 cm³/mol. The number of carbonyl (C=O) groups is 1. The van der Waals surface area contributed by atoms with Gasteiger partial charge in [-0.25, -0.2) is 0 Å². The van der Waals surface area contributed by atoms with Crippen molar-refractivity contribution < 1.29 is 10.0 Å². The lowest BCUT2D eigenvalue weighted by Gasteiger charge is -2.29. The van der Waals surface area contributed by atoms with Crippen LogP contribution < -0.4 is 5.73 Å². The Morgan fingerprint density at radius 2 is 2.44 bits per heavy atom. The molecule has 0 saturated carbocycles. The highest BCUT2D eigenvalue weighted by Crippen LogP contribution is 2.14. The average molecular weight is 252 g/mol. The van der Waals surface area contributed by atoms with Crippen molar-refractivity contribution >= 4 is 11.7 Å². The molecule has 98 valence electrons. The highest BCUT2D eigenvalue weighted by Gasteiger charge is 2.29. The molecule has 1 atom stereocenters. The second-order valence-corrected chi connectivity index (χ2v) is 4.19. The van der Waals surface area contributed by atoms with Crippen molar-refractivity contribution in [1.82, 2.24) is 19.7 Å². The summed E-state index contributed by atoms with van der Waals surface area (Å²) in [7, 11) is 0. The number of amides is 1. The summed E-state index contributed by atoms with van der Waals surface area (Å²) in [5.74, 6) is -0.00924. The first-order chi connectivity index (χ1) is 8.67. The minimum Gasteiger partial charge on any atom is -0.409 e. The number of nitrogens with two attached hydrogens (primary N) is 1. The number of fused-ring (bicyclic) bond motifs is 1. The van der Waals surface area contributed by atoms with Gasteiger partial charge in [0.25, 0.3) is 0 Å². The van der Waals surface area contributed by atoms with E-state index in [4.69, 9.17) is 10.9 Å². The lowest BCUT2D eigenvalue weighted by molar-refractivity contribution is -0.135. The van der Waals surface area contributed by atoms with Gasteiger partial charge in [-0.2, -0.15) is 0 Å². The fourth-order valence-corrected chi connectivity index (χ4v) is 2.05. The van der Waals surface area contributed by atoms with Gasteiger partial charge in [0, 0.05) is 13.1 Å². The number of amidine groups is 1. The van der Waals surface area contributed by atoms with Crippen LogP contribution in [0.15, 0.2) is 11.5 Å². The quantitative estimate of drug-likeness (QED) is 0.323. The lowest BCUT2D eigenvalue weighted by Crippen LogP contribution is -2.45. The maximum absolute atomic E-state index is 12.3. The maximum atomic E-state index is 12.3. The van der Waals surface area contributed by atoms with Gasteiger partial charge in [0.05, 0.1) is 12.5 Å². The summed E-state index contributed by atoms with van der Waals surface area (Å²) in [6, 6.07) is 0. The molecule has 1 aliphatic heterocycles. The maximum Gasteiger partial charge on any atom is 0.233 e. The van der Waals surface area contributed by atoms with Crippen molar-refractivity contribution in [3.8, 4) is 0 Å². The van der Waals surface area contributed by atoms with Crippen molar-refractivity contribution in [2.24, 2.45) is 16.8 Å². The number of rotatable bonds is 3. The molecular weight excluding hydrogens is 236 g/mol. The number of oxime groups is 1. The summed E-state index contributed by atoms with van der Waals surface area (Å²) in [5, 5.41) is 19.3. The average Bonchev–Trinajstić information content (AvgIpc) is 2.86. The zero-order valence-electron chi connectivity index (χ0n) is 10.2. The van der Waals surface area contributed by atoms with Crippen LogP contribution in [0.5, 0.6) is 0 Å². The van der Waals surface area contributed by atoms with Crippen LogP contribution in [0.3, 0.4) is 0 Å². The zero-order chi connectivity index (χ0) is 13.1. The van der Waals surface area contributed by atoms with Crippen LogP contribution in [0.4, 0.5) is 0 Å². The van der Waals surface area contributed by atoms with Crippen LogP contribution in [0, 0.1) is 5.92 Å². The third-order valence-corrected chi connectivity index (χ3v) is 3.13. The molecule has 8 nitrogen and oxygen atoms in total. The molecule has 1 aromatic heterocycles. The smallest absolute Gasteiger partial charge is 0.233 e.